The molecule has 0 aliphatic heterocycles. The number of anilines is 1. The standard InChI is InChI=1S/C15H22N2O2/c1-11-7-9-12(10-8-11)16-15(19)17-13-5-3-2-4-6-14(13)18/h7-10,13-14,18H,2-6H2,1H3,(H2,16,17,19). The SMILES string of the molecule is Cc1ccc(NC(=O)NC2CCCCCC2O)cc1. The molecule has 19 heavy (non-hydrogen) atoms. The Kier molecular flexibility index (Phi) is 4.80. The number of urea groups is 1. The highest BCUT2D eigenvalue weighted by Crippen LogP contribution is 2.18. The van der Waals surface area contributed by atoms with Crippen LogP contribution in [-0.4, -0.2) is 23.3 Å². The van der Waals surface area contributed by atoms with Gasteiger partial charge in [0.25, 0.3) is 0 Å². The number of carbonyl (C=O) groups is 1. The summed E-state index contributed by atoms with van der Waals surface area (Å²) in [6, 6.07) is 7.28. The number of carbonyl (C=O) groups excluding carboxylic acids is 1. The number of aryl methyl sites for hydroxylation is 1. The lowest BCUT2D eigenvalue weighted by Gasteiger charge is -2.21. The number of hydrogen-bond donors (Lipinski definition) is 3. The minimum absolute atomic E-state index is 0.132. The van der Waals surface area contributed by atoms with Crippen molar-refractivity contribution >= 4 is 11.7 Å². The molecule has 0 spiro atoms. The summed E-state index contributed by atoms with van der Waals surface area (Å²) in [4.78, 5) is 11.9. The summed E-state index contributed by atoms with van der Waals surface area (Å²) in [5.41, 5.74) is 1.93. The minimum Gasteiger partial charge on any atom is -0.391 e. The Balaban J connectivity index is 1.87. The van der Waals surface area contributed by atoms with Crippen LogP contribution in [0.3, 0.4) is 0 Å². The van der Waals surface area contributed by atoms with Crippen molar-refractivity contribution in [1.82, 2.24) is 5.32 Å². The first-order valence-electron chi connectivity index (χ1n) is 6.97. The molecule has 1 aliphatic carbocycles. The van der Waals surface area contributed by atoms with Crippen molar-refractivity contribution in [2.24, 2.45) is 0 Å². The molecule has 1 aliphatic rings. The van der Waals surface area contributed by atoms with Crippen LogP contribution in [0.25, 0.3) is 0 Å². The molecule has 4 nitrogen and oxygen atoms in total. The Hall–Kier alpha value is -1.55. The van der Waals surface area contributed by atoms with Crippen LogP contribution in [0.1, 0.15) is 37.7 Å². The first-order chi connectivity index (χ1) is 9.15. The van der Waals surface area contributed by atoms with E-state index in [0.29, 0.717) is 0 Å². The zero-order valence-electron chi connectivity index (χ0n) is 11.4. The summed E-state index contributed by atoms with van der Waals surface area (Å²) in [5.74, 6) is 0. The highest BCUT2D eigenvalue weighted by atomic mass is 16.3. The summed E-state index contributed by atoms with van der Waals surface area (Å²) in [6.07, 6.45) is 4.43. The Morgan fingerprint density at radius 2 is 1.84 bits per heavy atom. The monoisotopic (exact) mass is 262 g/mol. The summed E-state index contributed by atoms with van der Waals surface area (Å²) in [7, 11) is 0. The Morgan fingerprint density at radius 1 is 1.16 bits per heavy atom. The van der Waals surface area contributed by atoms with E-state index in [0.717, 1.165) is 43.4 Å². The van der Waals surface area contributed by atoms with Gasteiger partial charge in [-0.05, 0) is 31.9 Å². The van der Waals surface area contributed by atoms with Crippen molar-refractivity contribution in [3.05, 3.63) is 29.8 Å². The van der Waals surface area contributed by atoms with Crippen LogP contribution < -0.4 is 10.6 Å². The second-order valence-corrected chi connectivity index (χ2v) is 5.28. The molecule has 0 bridgehead atoms. The van der Waals surface area contributed by atoms with Gasteiger partial charge in [-0.15, -0.1) is 0 Å². The van der Waals surface area contributed by atoms with Gasteiger partial charge in [-0.3, -0.25) is 0 Å². The molecule has 0 saturated heterocycles. The Labute approximate surface area is 114 Å². The number of hydrogen-bond acceptors (Lipinski definition) is 2. The summed E-state index contributed by atoms with van der Waals surface area (Å²) >= 11 is 0. The van der Waals surface area contributed by atoms with Gasteiger partial charge < -0.3 is 15.7 Å². The zero-order chi connectivity index (χ0) is 13.7. The Morgan fingerprint density at radius 3 is 2.58 bits per heavy atom. The first kappa shape index (κ1) is 13.9. The van der Waals surface area contributed by atoms with Gasteiger partial charge in [0.05, 0.1) is 12.1 Å². The number of aliphatic hydroxyl groups is 1. The largest absolute Gasteiger partial charge is 0.391 e. The van der Waals surface area contributed by atoms with Crippen molar-refractivity contribution in [2.75, 3.05) is 5.32 Å². The van der Waals surface area contributed by atoms with Gasteiger partial charge >= 0.3 is 6.03 Å². The molecule has 1 saturated carbocycles. The van der Waals surface area contributed by atoms with Crippen LogP contribution in [0.15, 0.2) is 24.3 Å². The average Bonchev–Trinajstić information content (AvgIpc) is 2.58. The Bertz CT molecular complexity index is 417. The van der Waals surface area contributed by atoms with Crippen molar-refractivity contribution in [3.8, 4) is 0 Å². The second kappa shape index (κ2) is 6.57. The van der Waals surface area contributed by atoms with Gasteiger partial charge in [0.15, 0.2) is 0 Å². The molecule has 0 aromatic heterocycles. The van der Waals surface area contributed by atoms with Crippen molar-refractivity contribution < 1.29 is 9.90 Å². The van der Waals surface area contributed by atoms with Crippen LogP contribution in [0.5, 0.6) is 0 Å². The third-order valence-electron chi connectivity index (χ3n) is 3.61. The summed E-state index contributed by atoms with van der Waals surface area (Å²) < 4.78 is 0. The topological polar surface area (TPSA) is 61.4 Å². The molecule has 1 aromatic rings. The second-order valence-electron chi connectivity index (χ2n) is 5.28. The number of rotatable bonds is 2. The van der Waals surface area contributed by atoms with Crippen molar-refractivity contribution in [1.29, 1.82) is 0 Å². The number of nitrogens with one attached hydrogen (secondary N) is 2. The lowest BCUT2D eigenvalue weighted by molar-refractivity contribution is 0.124. The molecule has 2 atom stereocenters. The maximum absolute atomic E-state index is 11.9. The fourth-order valence-corrected chi connectivity index (χ4v) is 2.43. The molecule has 2 unspecified atom stereocenters. The maximum atomic E-state index is 11.9. The predicted molar refractivity (Wildman–Crippen MR) is 76.2 cm³/mol. The van der Waals surface area contributed by atoms with E-state index in [-0.39, 0.29) is 12.1 Å². The van der Waals surface area contributed by atoms with Crippen LogP contribution in [0, 0.1) is 6.92 Å². The van der Waals surface area contributed by atoms with Gasteiger partial charge in [0.2, 0.25) is 0 Å². The number of aliphatic hydroxyl groups excluding tert-OH is 1. The van der Waals surface area contributed by atoms with E-state index in [1.54, 1.807) is 0 Å². The van der Waals surface area contributed by atoms with Crippen molar-refractivity contribution in [2.45, 2.75) is 51.2 Å². The van der Waals surface area contributed by atoms with Gasteiger partial charge in [-0.25, -0.2) is 4.79 Å². The van der Waals surface area contributed by atoms with Gasteiger partial charge in [0.1, 0.15) is 0 Å². The van der Waals surface area contributed by atoms with Gasteiger partial charge in [-0.2, -0.15) is 0 Å². The molecule has 1 fully saturated rings. The summed E-state index contributed by atoms with van der Waals surface area (Å²) in [5, 5.41) is 15.6. The van der Waals surface area contributed by atoms with E-state index in [1.165, 1.54) is 0 Å². The highest BCUT2D eigenvalue weighted by Gasteiger charge is 2.22. The fourth-order valence-electron chi connectivity index (χ4n) is 2.43. The number of amides is 2. The third kappa shape index (κ3) is 4.24. The first-order valence-corrected chi connectivity index (χ1v) is 6.97. The molecule has 0 heterocycles. The van der Waals surface area contributed by atoms with E-state index in [1.807, 2.05) is 31.2 Å². The smallest absolute Gasteiger partial charge is 0.319 e. The van der Waals surface area contributed by atoms with E-state index >= 15 is 0 Å². The molecule has 104 valence electrons. The highest BCUT2D eigenvalue weighted by molar-refractivity contribution is 5.89. The average molecular weight is 262 g/mol. The van der Waals surface area contributed by atoms with E-state index in [9.17, 15) is 9.90 Å². The van der Waals surface area contributed by atoms with Gasteiger partial charge in [-0.1, -0.05) is 37.0 Å². The van der Waals surface area contributed by atoms with Crippen LogP contribution in [0.4, 0.5) is 10.5 Å². The molecule has 2 amide bonds. The molecular formula is C15H22N2O2. The molecular weight excluding hydrogens is 240 g/mol. The molecule has 0 radical (unpaired) electrons. The molecule has 4 heteroatoms. The van der Waals surface area contributed by atoms with E-state index in [2.05, 4.69) is 10.6 Å². The minimum atomic E-state index is -0.425. The van der Waals surface area contributed by atoms with Gasteiger partial charge in [0, 0.05) is 5.69 Å². The van der Waals surface area contributed by atoms with Crippen molar-refractivity contribution in [3.63, 3.8) is 0 Å². The number of benzene rings is 1. The lowest BCUT2D eigenvalue weighted by Crippen LogP contribution is -2.44. The van der Waals surface area contributed by atoms with Crippen LogP contribution >= 0.6 is 0 Å². The maximum Gasteiger partial charge on any atom is 0.319 e. The normalized spacial score (nSPS) is 23.5. The van der Waals surface area contributed by atoms with Crippen LogP contribution in [0.2, 0.25) is 0 Å². The zero-order valence-corrected chi connectivity index (χ0v) is 11.4. The van der Waals surface area contributed by atoms with E-state index in [4.69, 9.17) is 0 Å². The summed E-state index contributed by atoms with van der Waals surface area (Å²) in [6.45, 7) is 2.01. The third-order valence-corrected chi connectivity index (χ3v) is 3.61. The molecule has 3 N–H and O–H groups in total. The molecule has 1 aromatic carbocycles. The quantitative estimate of drug-likeness (QED) is 0.718. The van der Waals surface area contributed by atoms with Crippen LogP contribution in [-0.2, 0) is 0 Å². The lowest BCUT2D eigenvalue weighted by atomic mass is 10.1. The molecule has 2 rings (SSSR count). The predicted octanol–water partition coefficient (Wildman–Crippen LogP) is 2.81. The fraction of sp³-hybridized carbons (Fsp3) is 0.533. The van der Waals surface area contributed by atoms with E-state index < -0.39 is 6.10 Å².